The maximum atomic E-state index is 12.4. The van der Waals surface area contributed by atoms with Gasteiger partial charge in [0.25, 0.3) is 11.8 Å². The minimum atomic E-state index is -3.26. The number of nitrogens with zero attached hydrogens (tertiary/aromatic N) is 3. The van der Waals surface area contributed by atoms with Crippen LogP contribution in [0.15, 0.2) is 18.2 Å². The van der Waals surface area contributed by atoms with Crippen LogP contribution in [0.4, 0.5) is 10.5 Å². The molecule has 0 aromatic heterocycles. The molecule has 0 aliphatic carbocycles. The number of carbonyl (C=O) groups is 3. The van der Waals surface area contributed by atoms with E-state index >= 15 is 0 Å². The van der Waals surface area contributed by atoms with E-state index in [1.54, 1.807) is 19.9 Å². The molecule has 1 aromatic rings. The highest BCUT2D eigenvalue weighted by atomic mass is 32.2. The Balaban J connectivity index is 1.69. The fourth-order valence-corrected chi connectivity index (χ4v) is 4.06. The van der Waals surface area contributed by atoms with E-state index in [0.717, 1.165) is 6.26 Å². The van der Waals surface area contributed by atoms with Gasteiger partial charge in [-0.1, -0.05) is 0 Å². The summed E-state index contributed by atoms with van der Waals surface area (Å²) in [6.45, 7) is 4.57. The number of piperazine rings is 1. The van der Waals surface area contributed by atoms with Crippen molar-refractivity contribution < 1.29 is 22.8 Å². The summed E-state index contributed by atoms with van der Waals surface area (Å²) in [6, 6.07) is 4.00. The molecule has 0 saturated carbocycles. The van der Waals surface area contributed by atoms with Crippen molar-refractivity contribution in [1.82, 2.24) is 14.1 Å². The second kappa shape index (κ2) is 6.93. The molecule has 0 radical (unpaired) electrons. The standard InChI is InChI=1S/C17H22N4O5S/c1-11(2)21-15(22)13-5-4-12(10-14(13)16(21)23)18-17(24)19-6-8-20(9-7-19)27(3,25)26/h4-5,10-11H,6-9H2,1-3H3,(H,18,24). The Bertz CT molecular complexity index is 904. The normalized spacial score (nSPS) is 18.2. The lowest BCUT2D eigenvalue weighted by Crippen LogP contribution is -2.51. The van der Waals surface area contributed by atoms with Crippen LogP contribution in [-0.2, 0) is 10.0 Å². The van der Waals surface area contributed by atoms with Gasteiger partial charge in [0.05, 0.1) is 17.4 Å². The molecular formula is C17H22N4O5S. The molecule has 0 spiro atoms. The summed E-state index contributed by atoms with van der Waals surface area (Å²) < 4.78 is 24.4. The van der Waals surface area contributed by atoms with E-state index in [4.69, 9.17) is 0 Å². The van der Waals surface area contributed by atoms with Gasteiger partial charge in [-0.3, -0.25) is 14.5 Å². The molecule has 1 N–H and O–H groups in total. The van der Waals surface area contributed by atoms with Crippen molar-refractivity contribution in [2.24, 2.45) is 0 Å². The third-order valence-corrected chi connectivity index (χ3v) is 5.98. The van der Waals surface area contributed by atoms with Crippen LogP contribution >= 0.6 is 0 Å². The lowest BCUT2D eigenvalue weighted by atomic mass is 10.1. The number of amides is 4. The fourth-order valence-electron chi connectivity index (χ4n) is 3.23. The zero-order valence-electron chi connectivity index (χ0n) is 15.4. The number of benzene rings is 1. The van der Waals surface area contributed by atoms with Gasteiger partial charge < -0.3 is 10.2 Å². The minimum absolute atomic E-state index is 0.243. The molecule has 10 heteroatoms. The second-order valence-electron chi connectivity index (χ2n) is 6.91. The maximum Gasteiger partial charge on any atom is 0.321 e. The summed E-state index contributed by atoms with van der Waals surface area (Å²) in [4.78, 5) is 39.9. The van der Waals surface area contributed by atoms with Gasteiger partial charge in [0.2, 0.25) is 10.0 Å². The van der Waals surface area contributed by atoms with Gasteiger partial charge in [-0.05, 0) is 32.0 Å². The van der Waals surface area contributed by atoms with E-state index in [0.29, 0.717) is 11.3 Å². The molecule has 1 aromatic carbocycles. The molecule has 9 nitrogen and oxygen atoms in total. The summed E-state index contributed by atoms with van der Waals surface area (Å²) >= 11 is 0. The lowest BCUT2D eigenvalue weighted by molar-refractivity contribution is 0.0609. The third-order valence-electron chi connectivity index (χ3n) is 4.68. The molecule has 4 amide bonds. The number of carbonyl (C=O) groups excluding carboxylic acids is 3. The largest absolute Gasteiger partial charge is 0.322 e. The predicted molar refractivity (Wildman–Crippen MR) is 99.1 cm³/mol. The molecule has 0 unspecified atom stereocenters. The van der Waals surface area contributed by atoms with E-state index in [-0.39, 0.29) is 55.6 Å². The Labute approximate surface area is 158 Å². The minimum Gasteiger partial charge on any atom is -0.322 e. The lowest BCUT2D eigenvalue weighted by Gasteiger charge is -2.33. The van der Waals surface area contributed by atoms with Crippen molar-refractivity contribution in [3.05, 3.63) is 29.3 Å². The molecule has 146 valence electrons. The molecule has 1 fully saturated rings. The number of sulfonamides is 1. The average Bonchev–Trinajstić information content (AvgIpc) is 2.85. The molecule has 27 heavy (non-hydrogen) atoms. The van der Waals surface area contributed by atoms with Crippen LogP contribution in [0.25, 0.3) is 0 Å². The van der Waals surface area contributed by atoms with Crippen LogP contribution in [0, 0.1) is 0 Å². The Kier molecular flexibility index (Phi) is 4.96. The van der Waals surface area contributed by atoms with E-state index in [9.17, 15) is 22.8 Å². The first-order chi connectivity index (χ1) is 12.6. The molecule has 0 atom stereocenters. The summed E-state index contributed by atoms with van der Waals surface area (Å²) in [5.41, 5.74) is 1.01. The number of fused-ring (bicyclic) bond motifs is 1. The van der Waals surface area contributed by atoms with Crippen molar-refractivity contribution in [3.63, 3.8) is 0 Å². The smallest absolute Gasteiger partial charge is 0.321 e. The van der Waals surface area contributed by atoms with Crippen LogP contribution in [0.3, 0.4) is 0 Å². The fraction of sp³-hybridized carbons (Fsp3) is 0.471. The molecular weight excluding hydrogens is 372 g/mol. The van der Waals surface area contributed by atoms with Crippen molar-refractivity contribution in [1.29, 1.82) is 0 Å². The first-order valence-electron chi connectivity index (χ1n) is 8.62. The highest BCUT2D eigenvalue weighted by Gasteiger charge is 2.37. The van der Waals surface area contributed by atoms with Crippen LogP contribution in [0.5, 0.6) is 0 Å². The van der Waals surface area contributed by atoms with Gasteiger partial charge in [-0.25, -0.2) is 13.2 Å². The molecule has 1 saturated heterocycles. The molecule has 2 aliphatic heterocycles. The zero-order chi connectivity index (χ0) is 19.9. The first kappa shape index (κ1) is 19.3. The number of nitrogens with one attached hydrogen (secondary N) is 1. The highest BCUT2D eigenvalue weighted by molar-refractivity contribution is 7.88. The number of anilines is 1. The van der Waals surface area contributed by atoms with E-state index in [1.165, 1.54) is 26.2 Å². The van der Waals surface area contributed by atoms with Gasteiger partial charge in [0.1, 0.15) is 0 Å². The van der Waals surface area contributed by atoms with E-state index < -0.39 is 10.0 Å². The van der Waals surface area contributed by atoms with Gasteiger partial charge in [-0.2, -0.15) is 4.31 Å². The topological polar surface area (TPSA) is 107 Å². The first-order valence-corrected chi connectivity index (χ1v) is 10.5. The number of hydrogen-bond acceptors (Lipinski definition) is 5. The molecule has 3 rings (SSSR count). The maximum absolute atomic E-state index is 12.4. The van der Waals surface area contributed by atoms with Gasteiger partial charge >= 0.3 is 6.03 Å². The van der Waals surface area contributed by atoms with E-state index in [1.807, 2.05) is 0 Å². The SMILES string of the molecule is CC(C)N1C(=O)c2ccc(NC(=O)N3CCN(S(C)(=O)=O)CC3)cc2C1=O. The predicted octanol–water partition coefficient (Wildman–Crippen LogP) is 0.800. The molecule has 2 heterocycles. The van der Waals surface area contributed by atoms with Crippen LogP contribution in [-0.4, -0.2) is 78.8 Å². The summed E-state index contributed by atoms with van der Waals surface area (Å²) in [5, 5.41) is 2.71. The van der Waals surface area contributed by atoms with E-state index in [2.05, 4.69) is 5.32 Å². The quantitative estimate of drug-likeness (QED) is 0.763. The average molecular weight is 394 g/mol. The van der Waals surface area contributed by atoms with Crippen molar-refractivity contribution in [2.75, 3.05) is 37.8 Å². The Morgan fingerprint density at radius 2 is 1.63 bits per heavy atom. The van der Waals surface area contributed by atoms with Gasteiger partial charge in [0, 0.05) is 37.9 Å². The van der Waals surface area contributed by atoms with Gasteiger partial charge in [-0.15, -0.1) is 0 Å². The number of rotatable bonds is 3. The summed E-state index contributed by atoms with van der Waals surface area (Å²) in [5.74, 6) is -0.706. The van der Waals surface area contributed by atoms with Gasteiger partial charge in [0.15, 0.2) is 0 Å². The summed E-state index contributed by atoms with van der Waals surface area (Å²) in [6.07, 6.45) is 1.14. The van der Waals surface area contributed by atoms with Crippen molar-refractivity contribution in [3.8, 4) is 0 Å². The molecule has 2 aliphatic rings. The molecule has 0 bridgehead atoms. The highest BCUT2D eigenvalue weighted by Crippen LogP contribution is 2.27. The number of hydrogen-bond donors (Lipinski definition) is 1. The third kappa shape index (κ3) is 3.67. The Hall–Kier alpha value is -2.46. The zero-order valence-corrected chi connectivity index (χ0v) is 16.2. The Morgan fingerprint density at radius 3 is 2.19 bits per heavy atom. The second-order valence-corrected chi connectivity index (χ2v) is 8.90. The monoisotopic (exact) mass is 394 g/mol. The number of urea groups is 1. The Morgan fingerprint density at radius 1 is 1.04 bits per heavy atom. The van der Waals surface area contributed by atoms with Crippen molar-refractivity contribution in [2.45, 2.75) is 19.9 Å². The number of imide groups is 1. The van der Waals surface area contributed by atoms with Crippen LogP contribution in [0.2, 0.25) is 0 Å². The van der Waals surface area contributed by atoms with Crippen LogP contribution < -0.4 is 5.32 Å². The van der Waals surface area contributed by atoms with Crippen LogP contribution in [0.1, 0.15) is 34.6 Å². The van der Waals surface area contributed by atoms with Crippen molar-refractivity contribution >= 4 is 33.6 Å². The summed E-state index contributed by atoms with van der Waals surface area (Å²) in [7, 11) is -3.26.